The third-order valence-corrected chi connectivity index (χ3v) is 7.89. The molecule has 0 radical (unpaired) electrons. The van der Waals surface area contributed by atoms with Crippen LogP contribution in [0.2, 0.25) is 0 Å². The van der Waals surface area contributed by atoms with E-state index in [0.29, 0.717) is 30.5 Å². The first kappa shape index (κ1) is 23.3. The zero-order valence-corrected chi connectivity index (χ0v) is 19.9. The van der Waals surface area contributed by atoms with Crippen molar-refractivity contribution in [2.45, 2.75) is 44.0 Å². The van der Waals surface area contributed by atoms with E-state index < -0.39 is 34.5 Å². The van der Waals surface area contributed by atoms with Crippen LogP contribution < -0.4 is 5.32 Å². The molecule has 0 bridgehead atoms. The van der Waals surface area contributed by atoms with Gasteiger partial charge in [0.2, 0.25) is 10.0 Å². The minimum absolute atomic E-state index is 0.0148. The standard InChI is InChI=1S/C22H24N4O5S2/c1-14-10-15(2)12-16(11-14)23-20(27)13-31-22(28)18-7-3-4-9-26(18)33(29,30)19-8-5-6-17-21(19)25-32-24-17/h5-6,8,10-12,18H,3-4,7,9,13H2,1-2H3,(H,23,27). The summed E-state index contributed by atoms with van der Waals surface area (Å²) in [5.41, 5.74) is 3.38. The Morgan fingerprint density at radius 2 is 1.91 bits per heavy atom. The number of hydrogen-bond donors (Lipinski definition) is 1. The number of sulfonamides is 1. The summed E-state index contributed by atoms with van der Waals surface area (Å²) in [5.74, 6) is -1.23. The lowest BCUT2D eigenvalue weighted by molar-refractivity contribution is -0.152. The summed E-state index contributed by atoms with van der Waals surface area (Å²) < 4.78 is 41.5. The minimum atomic E-state index is -4.01. The van der Waals surface area contributed by atoms with Crippen LogP contribution in [0.5, 0.6) is 0 Å². The van der Waals surface area contributed by atoms with Crippen LogP contribution in [-0.4, -0.2) is 52.5 Å². The van der Waals surface area contributed by atoms with Crippen molar-refractivity contribution < 1.29 is 22.7 Å². The summed E-state index contributed by atoms with van der Waals surface area (Å²) in [7, 11) is -4.01. The summed E-state index contributed by atoms with van der Waals surface area (Å²) in [6.45, 7) is 3.53. The highest BCUT2D eigenvalue weighted by Gasteiger charge is 2.39. The molecule has 0 saturated carbocycles. The van der Waals surface area contributed by atoms with E-state index in [-0.39, 0.29) is 17.0 Å². The highest BCUT2D eigenvalue weighted by Crippen LogP contribution is 2.29. The van der Waals surface area contributed by atoms with Crippen LogP contribution in [0, 0.1) is 13.8 Å². The van der Waals surface area contributed by atoms with Gasteiger partial charge >= 0.3 is 5.97 Å². The molecule has 4 rings (SSSR count). The normalized spacial score (nSPS) is 17.1. The number of rotatable bonds is 6. The molecule has 33 heavy (non-hydrogen) atoms. The van der Waals surface area contributed by atoms with Crippen LogP contribution in [0.25, 0.3) is 11.0 Å². The van der Waals surface area contributed by atoms with Gasteiger partial charge in [-0.25, -0.2) is 8.42 Å². The predicted octanol–water partition coefficient (Wildman–Crippen LogP) is 3.03. The summed E-state index contributed by atoms with van der Waals surface area (Å²) in [6, 6.07) is 9.37. The fraction of sp³-hybridized carbons (Fsp3) is 0.364. The lowest BCUT2D eigenvalue weighted by Gasteiger charge is -2.32. The monoisotopic (exact) mass is 488 g/mol. The quantitative estimate of drug-likeness (QED) is 0.530. The Kier molecular flexibility index (Phi) is 6.73. The Hall–Kier alpha value is -2.89. The topological polar surface area (TPSA) is 119 Å². The van der Waals surface area contributed by atoms with Gasteiger partial charge in [0.15, 0.2) is 6.61 Å². The molecule has 3 aromatic rings. The van der Waals surface area contributed by atoms with Crippen molar-refractivity contribution in [3.8, 4) is 0 Å². The lowest BCUT2D eigenvalue weighted by atomic mass is 10.1. The zero-order chi connectivity index (χ0) is 23.6. The number of carbonyl (C=O) groups is 2. The molecule has 1 aromatic heterocycles. The minimum Gasteiger partial charge on any atom is -0.454 e. The van der Waals surface area contributed by atoms with E-state index in [1.54, 1.807) is 12.1 Å². The number of carbonyl (C=O) groups excluding carboxylic acids is 2. The number of benzene rings is 2. The molecule has 1 saturated heterocycles. The lowest BCUT2D eigenvalue weighted by Crippen LogP contribution is -2.49. The molecule has 1 aliphatic heterocycles. The number of fused-ring (bicyclic) bond motifs is 1. The van der Waals surface area contributed by atoms with Gasteiger partial charge in [-0.05, 0) is 68.5 Å². The van der Waals surface area contributed by atoms with Crippen molar-refractivity contribution in [1.82, 2.24) is 13.1 Å². The number of amides is 1. The van der Waals surface area contributed by atoms with E-state index in [9.17, 15) is 18.0 Å². The number of aryl methyl sites for hydroxylation is 2. The number of nitrogens with zero attached hydrogens (tertiary/aromatic N) is 3. The summed E-state index contributed by atoms with van der Waals surface area (Å²) in [6.07, 6.45) is 1.63. The van der Waals surface area contributed by atoms with Gasteiger partial charge in [-0.2, -0.15) is 13.1 Å². The highest BCUT2D eigenvalue weighted by molar-refractivity contribution is 7.89. The van der Waals surface area contributed by atoms with E-state index >= 15 is 0 Å². The molecular weight excluding hydrogens is 464 g/mol. The summed E-state index contributed by atoms with van der Waals surface area (Å²) in [4.78, 5) is 25.2. The highest BCUT2D eigenvalue weighted by atomic mass is 32.2. The molecule has 1 fully saturated rings. The average Bonchev–Trinajstić information content (AvgIpc) is 3.25. The van der Waals surface area contributed by atoms with E-state index in [2.05, 4.69) is 14.1 Å². The number of nitrogens with one attached hydrogen (secondary N) is 1. The van der Waals surface area contributed by atoms with E-state index in [0.717, 1.165) is 27.2 Å². The maximum Gasteiger partial charge on any atom is 0.324 e. The van der Waals surface area contributed by atoms with Crippen LogP contribution in [0.1, 0.15) is 30.4 Å². The van der Waals surface area contributed by atoms with Gasteiger partial charge in [-0.1, -0.05) is 12.1 Å². The third kappa shape index (κ3) is 5.05. The molecule has 2 heterocycles. The fourth-order valence-electron chi connectivity index (χ4n) is 4.02. The smallest absolute Gasteiger partial charge is 0.324 e. The van der Waals surface area contributed by atoms with Crippen LogP contribution >= 0.6 is 11.7 Å². The molecule has 2 aromatic carbocycles. The molecule has 1 amide bonds. The molecule has 1 N–H and O–H groups in total. The summed E-state index contributed by atoms with van der Waals surface area (Å²) in [5, 5.41) is 2.70. The van der Waals surface area contributed by atoms with E-state index in [1.807, 2.05) is 32.0 Å². The third-order valence-electron chi connectivity index (χ3n) is 5.41. The maximum absolute atomic E-state index is 13.4. The van der Waals surface area contributed by atoms with Crippen LogP contribution in [0.15, 0.2) is 41.3 Å². The second-order valence-electron chi connectivity index (χ2n) is 8.05. The average molecular weight is 489 g/mol. The molecule has 1 aliphatic rings. The Morgan fingerprint density at radius 3 is 2.67 bits per heavy atom. The number of aromatic nitrogens is 2. The van der Waals surface area contributed by atoms with Gasteiger partial charge < -0.3 is 10.1 Å². The van der Waals surface area contributed by atoms with Crippen molar-refractivity contribution in [2.75, 3.05) is 18.5 Å². The largest absolute Gasteiger partial charge is 0.454 e. The van der Waals surface area contributed by atoms with Crippen molar-refractivity contribution in [2.24, 2.45) is 0 Å². The van der Waals surface area contributed by atoms with Crippen molar-refractivity contribution in [3.05, 3.63) is 47.5 Å². The van der Waals surface area contributed by atoms with Gasteiger partial charge in [0.25, 0.3) is 5.91 Å². The number of anilines is 1. The van der Waals surface area contributed by atoms with Crippen molar-refractivity contribution in [3.63, 3.8) is 0 Å². The van der Waals surface area contributed by atoms with Crippen LogP contribution in [0.4, 0.5) is 5.69 Å². The van der Waals surface area contributed by atoms with Gasteiger partial charge in [-0.3, -0.25) is 9.59 Å². The van der Waals surface area contributed by atoms with Crippen molar-refractivity contribution in [1.29, 1.82) is 0 Å². The first-order chi connectivity index (χ1) is 15.8. The Bertz CT molecular complexity index is 1280. The fourth-order valence-corrected chi connectivity index (χ4v) is 6.42. The first-order valence-corrected chi connectivity index (χ1v) is 12.7. The number of esters is 1. The Labute approximate surface area is 196 Å². The van der Waals surface area contributed by atoms with E-state index in [1.165, 1.54) is 6.07 Å². The van der Waals surface area contributed by atoms with Gasteiger partial charge in [-0.15, -0.1) is 0 Å². The zero-order valence-electron chi connectivity index (χ0n) is 18.3. The molecule has 9 nitrogen and oxygen atoms in total. The van der Waals surface area contributed by atoms with Gasteiger partial charge in [0.1, 0.15) is 22.0 Å². The van der Waals surface area contributed by atoms with Gasteiger partial charge in [0.05, 0.1) is 11.7 Å². The Morgan fingerprint density at radius 1 is 1.15 bits per heavy atom. The number of hydrogen-bond acceptors (Lipinski definition) is 8. The molecular formula is C22H24N4O5S2. The molecule has 11 heteroatoms. The molecule has 0 spiro atoms. The predicted molar refractivity (Wildman–Crippen MR) is 124 cm³/mol. The van der Waals surface area contributed by atoms with Crippen LogP contribution in [0.3, 0.4) is 0 Å². The SMILES string of the molecule is Cc1cc(C)cc(NC(=O)COC(=O)C2CCCCN2S(=O)(=O)c2cccc3nsnc23)c1. The number of ether oxygens (including phenoxy) is 1. The van der Waals surface area contributed by atoms with Crippen LogP contribution in [-0.2, 0) is 24.3 Å². The molecule has 174 valence electrons. The molecule has 1 unspecified atom stereocenters. The van der Waals surface area contributed by atoms with E-state index in [4.69, 9.17) is 4.74 Å². The second-order valence-corrected chi connectivity index (χ2v) is 10.4. The molecule has 1 atom stereocenters. The second kappa shape index (κ2) is 9.54. The first-order valence-electron chi connectivity index (χ1n) is 10.5. The number of piperidine rings is 1. The molecule has 0 aliphatic carbocycles. The summed E-state index contributed by atoms with van der Waals surface area (Å²) >= 11 is 0.931. The van der Waals surface area contributed by atoms with Crippen molar-refractivity contribution >= 4 is 50.3 Å². The maximum atomic E-state index is 13.4. The Balaban J connectivity index is 1.47. The van der Waals surface area contributed by atoms with Gasteiger partial charge in [0, 0.05) is 12.2 Å².